The number of esters is 1. The summed E-state index contributed by atoms with van der Waals surface area (Å²) < 4.78 is 12.1. The highest BCUT2D eigenvalue weighted by atomic mass is 79.9. The van der Waals surface area contributed by atoms with Gasteiger partial charge in [0.1, 0.15) is 16.7 Å². The summed E-state index contributed by atoms with van der Waals surface area (Å²) in [5.74, 6) is -0.706. The summed E-state index contributed by atoms with van der Waals surface area (Å²) in [6.45, 7) is 18.5. The van der Waals surface area contributed by atoms with Gasteiger partial charge in [0.15, 0.2) is 8.32 Å². The second-order valence-corrected chi connectivity index (χ2v) is 18.1. The molecule has 9 heteroatoms. The molecule has 1 fully saturated rings. The van der Waals surface area contributed by atoms with Crippen LogP contribution in [-0.4, -0.2) is 47.5 Å². The first-order valence-corrected chi connectivity index (χ1v) is 16.2. The van der Waals surface area contributed by atoms with Crippen LogP contribution < -0.4 is 0 Å². The van der Waals surface area contributed by atoms with E-state index in [-0.39, 0.29) is 28.3 Å². The Kier molecular flexibility index (Phi) is 7.75. The molecule has 0 N–H and O–H groups in total. The molecule has 0 aromatic rings. The van der Waals surface area contributed by atoms with Crippen LogP contribution in [0.4, 0.5) is 0 Å². The highest BCUT2D eigenvalue weighted by Gasteiger charge is 2.57. The van der Waals surface area contributed by atoms with Gasteiger partial charge in [-0.2, -0.15) is 0 Å². The lowest BCUT2D eigenvalue weighted by Gasteiger charge is -2.52. The monoisotopic (exact) mass is 523 g/mol. The number of fused-ring (bicyclic) bond motifs is 1. The summed E-state index contributed by atoms with van der Waals surface area (Å²) in [6.07, 6.45) is 0.499. The maximum absolute atomic E-state index is 13.2. The zero-order valence-corrected chi connectivity index (χ0v) is 23.1. The summed E-state index contributed by atoms with van der Waals surface area (Å²) in [5, 5.41) is 0.699. The molecule has 0 unspecified atom stereocenters. The lowest BCUT2D eigenvalue weighted by molar-refractivity contribution is -0.163. The fraction of sp³-hybridized carbons (Fsp3) is 0.800. The molecule has 166 valence electrons. The average molecular weight is 525 g/mol. The lowest BCUT2D eigenvalue weighted by Crippen LogP contribution is -2.65. The molecule has 2 heterocycles. The lowest BCUT2D eigenvalue weighted by atomic mass is 9.91. The van der Waals surface area contributed by atoms with Crippen LogP contribution in [0.15, 0.2) is 10.6 Å². The van der Waals surface area contributed by atoms with Gasteiger partial charge in [-0.15, -0.1) is 0 Å². The molecule has 5 nitrogen and oxygen atoms in total. The van der Waals surface area contributed by atoms with Crippen LogP contribution in [0.2, 0.25) is 18.1 Å². The van der Waals surface area contributed by atoms with Crippen molar-refractivity contribution in [2.24, 2.45) is 5.92 Å². The van der Waals surface area contributed by atoms with E-state index in [0.29, 0.717) is 12.1 Å². The molecule has 0 radical (unpaired) electrons. The summed E-state index contributed by atoms with van der Waals surface area (Å²) in [5.41, 5.74) is -0.200. The van der Waals surface area contributed by atoms with Crippen molar-refractivity contribution >= 4 is 57.7 Å². The number of ether oxygens (including phenoxy) is 1. The van der Waals surface area contributed by atoms with Crippen LogP contribution in [0.3, 0.4) is 0 Å². The summed E-state index contributed by atoms with van der Waals surface area (Å²) in [4.78, 5) is 28.7. The molecule has 1 saturated heterocycles. The van der Waals surface area contributed by atoms with Gasteiger partial charge in [0.2, 0.25) is 5.91 Å². The molecule has 1 amide bonds. The van der Waals surface area contributed by atoms with Crippen molar-refractivity contribution in [3.63, 3.8) is 0 Å². The number of nitrogens with zero attached hydrogens (tertiary/aromatic N) is 1. The van der Waals surface area contributed by atoms with Crippen LogP contribution in [0.1, 0.15) is 54.9 Å². The first-order valence-electron chi connectivity index (χ1n) is 9.97. The Morgan fingerprint density at radius 2 is 1.83 bits per heavy atom. The quantitative estimate of drug-likeness (QED) is 0.142. The SMILES string of the molecule is C[C@@H](O[Si](C)(C)C(C)(C)C)[C@H]1C(=O)N2C(C(=O)OC(C)(C)C)=C(CCBr)SS[C@H]12. The number of allylic oxidation sites excluding steroid dienone is 1. The Hall–Kier alpha value is 0.0369. The standard InChI is InChI=1S/C20H34BrNO4S2Si/c1-12(26-29(8,9)20(5,6)7)14-16(23)22-15(18(24)25-19(2,3)4)13(10-11-21)27-28-17(14)22/h12,14,17H,10-11H2,1-9H3/t12-,14+,17-/m1/s1. The number of rotatable bonds is 6. The van der Waals surface area contributed by atoms with Crippen molar-refractivity contribution in [1.82, 2.24) is 4.90 Å². The van der Waals surface area contributed by atoms with Crippen molar-refractivity contribution in [3.05, 3.63) is 10.6 Å². The van der Waals surface area contributed by atoms with E-state index in [9.17, 15) is 9.59 Å². The summed E-state index contributed by atoms with van der Waals surface area (Å²) in [7, 11) is 1.24. The maximum atomic E-state index is 13.2. The molecule has 0 saturated carbocycles. The smallest absolute Gasteiger partial charge is 0.356 e. The zero-order valence-electron chi connectivity index (χ0n) is 18.9. The van der Waals surface area contributed by atoms with E-state index < -0.39 is 19.9 Å². The minimum Gasteiger partial charge on any atom is -0.455 e. The first kappa shape index (κ1) is 25.3. The number of carbonyl (C=O) groups excluding carboxylic acids is 2. The fourth-order valence-electron chi connectivity index (χ4n) is 3.04. The van der Waals surface area contributed by atoms with Crippen molar-refractivity contribution < 1.29 is 18.8 Å². The van der Waals surface area contributed by atoms with E-state index in [1.54, 1.807) is 26.5 Å². The highest BCUT2D eigenvalue weighted by molar-refractivity contribution is 9.09. The molecule has 0 aromatic carbocycles. The minimum atomic E-state index is -1.99. The molecule has 0 aromatic heterocycles. The molecule has 0 aliphatic carbocycles. The van der Waals surface area contributed by atoms with Gasteiger partial charge in [-0.1, -0.05) is 58.3 Å². The number of alkyl halides is 1. The van der Waals surface area contributed by atoms with Crippen molar-refractivity contribution in [2.45, 2.75) is 90.1 Å². The van der Waals surface area contributed by atoms with E-state index in [4.69, 9.17) is 9.16 Å². The van der Waals surface area contributed by atoms with Crippen molar-refractivity contribution in [2.75, 3.05) is 5.33 Å². The van der Waals surface area contributed by atoms with E-state index in [0.717, 1.165) is 10.2 Å². The van der Waals surface area contributed by atoms with E-state index >= 15 is 0 Å². The third kappa shape index (κ3) is 5.45. The summed E-state index contributed by atoms with van der Waals surface area (Å²) >= 11 is 3.45. The van der Waals surface area contributed by atoms with Crippen LogP contribution in [0.25, 0.3) is 0 Å². The van der Waals surface area contributed by atoms with Crippen molar-refractivity contribution in [3.8, 4) is 0 Å². The van der Waals surface area contributed by atoms with E-state index in [1.807, 2.05) is 27.7 Å². The topological polar surface area (TPSA) is 55.8 Å². The highest BCUT2D eigenvalue weighted by Crippen LogP contribution is 2.55. The second-order valence-electron chi connectivity index (χ2n) is 10.1. The number of amides is 1. The number of carbonyl (C=O) groups is 2. The largest absolute Gasteiger partial charge is 0.455 e. The van der Waals surface area contributed by atoms with Crippen LogP contribution in [0, 0.1) is 5.92 Å². The molecule has 29 heavy (non-hydrogen) atoms. The predicted molar refractivity (Wildman–Crippen MR) is 128 cm³/mol. The molecular formula is C20H34BrNO4S2Si. The number of β-lactam (4-membered cyclic amide) rings is 1. The third-order valence-electron chi connectivity index (χ3n) is 5.54. The predicted octanol–water partition coefficient (Wildman–Crippen LogP) is 5.91. The van der Waals surface area contributed by atoms with Crippen molar-refractivity contribution in [1.29, 1.82) is 0 Å². The number of hydrogen-bond acceptors (Lipinski definition) is 6. The van der Waals surface area contributed by atoms with Crippen LogP contribution >= 0.6 is 37.5 Å². The Morgan fingerprint density at radius 3 is 2.31 bits per heavy atom. The molecule has 3 atom stereocenters. The molecular weight excluding hydrogens is 490 g/mol. The van der Waals surface area contributed by atoms with Gasteiger partial charge >= 0.3 is 5.97 Å². The normalized spacial score (nSPS) is 24.2. The zero-order chi connectivity index (χ0) is 22.4. The van der Waals surface area contributed by atoms with Gasteiger partial charge in [-0.05, 0) is 52.2 Å². The Morgan fingerprint density at radius 1 is 1.24 bits per heavy atom. The molecule has 0 spiro atoms. The van der Waals surface area contributed by atoms with Crippen LogP contribution in [-0.2, 0) is 18.8 Å². The van der Waals surface area contributed by atoms with Crippen LogP contribution in [0.5, 0.6) is 0 Å². The second kappa shape index (κ2) is 8.88. The number of halogens is 1. The van der Waals surface area contributed by atoms with E-state index in [1.165, 1.54) is 0 Å². The molecule has 2 aliphatic heterocycles. The van der Waals surface area contributed by atoms with Gasteiger partial charge in [0.25, 0.3) is 0 Å². The van der Waals surface area contributed by atoms with Gasteiger partial charge in [-0.3, -0.25) is 9.69 Å². The van der Waals surface area contributed by atoms with Gasteiger partial charge in [-0.25, -0.2) is 4.79 Å². The Balaban J connectivity index is 2.26. The molecule has 2 rings (SSSR count). The maximum Gasteiger partial charge on any atom is 0.356 e. The number of hydrogen-bond donors (Lipinski definition) is 0. The fourth-order valence-corrected chi connectivity index (χ4v) is 8.29. The first-order chi connectivity index (χ1) is 13.1. The Labute approximate surface area is 192 Å². The minimum absolute atomic E-state index is 0.0399. The molecule has 0 bridgehead atoms. The average Bonchev–Trinajstić information content (AvgIpc) is 2.51. The van der Waals surface area contributed by atoms with E-state index in [2.05, 4.69) is 49.8 Å². The third-order valence-corrected chi connectivity index (χ3v) is 13.4. The summed E-state index contributed by atoms with van der Waals surface area (Å²) in [6, 6.07) is 0. The van der Waals surface area contributed by atoms with Gasteiger partial charge in [0.05, 0.1) is 12.0 Å². The van der Waals surface area contributed by atoms with Gasteiger partial charge < -0.3 is 9.16 Å². The Bertz CT molecular complexity index is 700. The molecule has 2 aliphatic rings. The van der Waals surface area contributed by atoms with Gasteiger partial charge in [0, 0.05) is 10.2 Å².